The van der Waals surface area contributed by atoms with Crippen molar-refractivity contribution in [2.75, 3.05) is 0 Å². The maximum absolute atomic E-state index is 11.1. The molecule has 17 heavy (non-hydrogen) atoms. The van der Waals surface area contributed by atoms with E-state index in [-0.39, 0.29) is 60.8 Å². The molecule has 0 aromatic heterocycles. The molecule has 0 unspecified atom stereocenters. The second-order valence-corrected chi connectivity index (χ2v) is 4.23. The molecule has 1 aliphatic rings. The topological polar surface area (TPSA) is 80.3 Å². The Kier molecular flexibility index (Phi) is 10.1. The number of hydrogen-bond acceptors (Lipinski definition) is 4. The van der Waals surface area contributed by atoms with Crippen LogP contribution in [-0.4, -0.2) is 11.9 Å². The van der Waals surface area contributed by atoms with Crippen molar-refractivity contribution < 1.29 is 68.2 Å². The monoisotopic (exact) mass is 242 g/mol. The number of carboxylic acids is 2. The maximum atomic E-state index is 11.1. The molecule has 1 fully saturated rings. The fourth-order valence-corrected chi connectivity index (χ4v) is 2.59. The van der Waals surface area contributed by atoms with E-state index in [0.29, 0.717) is 12.8 Å². The summed E-state index contributed by atoms with van der Waals surface area (Å²) in [5.74, 6) is -3.31. The van der Waals surface area contributed by atoms with E-state index in [1.165, 1.54) is 0 Å². The summed E-state index contributed by atoms with van der Waals surface area (Å²) < 4.78 is 0. The zero-order chi connectivity index (χ0) is 11.5. The van der Waals surface area contributed by atoms with Crippen molar-refractivity contribution in [1.29, 1.82) is 0 Å². The predicted octanol–water partition coefficient (Wildman–Crippen LogP) is -6.53. The zero-order valence-electron chi connectivity index (χ0n) is 11.0. The molecule has 1 rings (SSSR count). The number of carbonyl (C=O) groups excluding carboxylic acids is 2. The summed E-state index contributed by atoms with van der Waals surface area (Å²) >= 11 is 0. The summed E-state index contributed by atoms with van der Waals surface area (Å²) in [5.41, 5.74) is -1.78. The van der Waals surface area contributed by atoms with Crippen molar-refractivity contribution in [3.8, 4) is 0 Å². The van der Waals surface area contributed by atoms with E-state index < -0.39 is 17.4 Å². The molecule has 0 aliphatic heterocycles. The molecule has 6 heteroatoms. The van der Waals surface area contributed by atoms with Gasteiger partial charge in [-0.25, -0.2) is 0 Å². The Morgan fingerprint density at radius 3 is 1.82 bits per heavy atom. The number of carbonyl (C=O) groups is 2. The minimum absolute atomic E-state index is 0. The van der Waals surface area contributed by atoms with E-state index in [1.807, 2.05) is 0 Å². The van der Waals surface area contributed by atoms with E-state index >= 15 is 0 Å². The van der Waals surface area contributed by atoms with Crippen LogP contribution in [0.3, 0.4) is 0 Å². The molecule has 86 valence electrons. The summed E-state index contributed by atoms with van der Waals surface area (Å²) in [4.78, 5) is 22.1. The van der Waals surface area contributed by atoms with Crippen LogP contribution >= 0.6 is 0 Å². The van der Waals surface area contributed by atoms with Gasteiger partial charge in [0, 0.05) is 0 Å². The zero-order valence-corrected chi connectivity index (χ0v) is 13.0. The van der Waals surface area contributed by atoms with Crippen LogP contribution in [0.4, 0.5) is 0 Å². The van der Waals surface area contributed by atoms with Gasteiger partial charge in [0.25, 0.3) is 0 Å². The molecule has 4 nitrogen and oxygen atoms in total. The van der Waals surface area contributed by atoms with Crippen molar-refractivity contribution in [1.82, 2.24) is 0 Å². The van der Waals surface area contributed by atoms with Gasteiger partial charge in [0.05, 0.1) is 17.4 Å². The summed E-state index contributed by atoms with van der Waals surface area (Å²) in [6.45, 7) is 1.57. The largest absolute Gasteiger partial charge is 1.00 e. The van der Waals surface area contributed by atoms with Crippen molar-refractivity contribution >= 4 is 11.9 Å². The molecule has 0 saturated heterocycles. The molecule has 0 radical (unpaired) electrons. The third-order valence-corrected chi connectivity index (χ3v) is 3.59. The average molecular weight is 242 g/mol. The standard InChI is InChI=1S/C11H18O4.Li.Na/c1-2-11(9(12)13,10(14)15)8-6-4-3-5-7-8;;/h8H,2-7H2,1H3,(H,12,13)(H,14,15);;/q;2*+1/p-2. The molecule has 0 amide bonds. The van der Waals surface area contributed by atoms with Crippen LogP contribution in [-0.2, 0) is 9.59 Å². The Labute approximate surface area is 136 Å². The molecule has 0 atom stereocenters. The SMILES string of the molecule is CCC(C(=O)[O-])(C(=O)[O-])C1CCCCC1.[Li+].[Na+]. The van der Waals surface area contributed by atoms with Crippen LogP contribution in [0.25, 0.3) is 0 Å². The summed E-state index contributed by atoms with van der Waals surface area (Å²) in [5, 5.41) is 22.1. The third-order valence-electron chi connectivity index (χ3n) is 3.59. The quantitative estimate of drug-likeness (QED) is 0.362. The normalized spacial score (nSPS) is 16.5. The fourth-order valence-electron chi connectivity index (χ4n) is 2.59. The number of aliphatic carboxylic acids is 2. The Balaban J connectivity index is 0. The second kappa shape index (κ2) is 8.61. The van der Waals surface area contributed by atoms with E-state index in [1.54, 1.807) is 6.92 Å². The Morgan fingerprint density at radius 1 is 1.12 bits per heavy atom. The fraction of sp³-hybridized carbons (Fsp3) is 0.818. The minimum Gasteiger partial charge on any atom is -0.549 e. The van der Waals surface area contributed by atoms with Gasteiger partial charge in [-0.15, -0.1) is 0 Å². The first-order chi connectivity index (χ1) is 7.05. The molecule has 0 spiro atoms. The van der Waals surface area contributed by atoms with E-state index in [0.717, 1.165) is 19.3 Å². The number of carboxylic acid groups (broad SMARTS) is 2. The number of rotatable bonds is 4. The molecule has 1 saturated carbocycles. The van der Waals surface area contributed by atoms with E-state index in [9.17, 15) is 19.8 Å². The van der Waals surface area contributed by atoms with Gasteiger partial charge in [-0.2, -0.15) is 0 Å². The van der Waals surface area contributed by atoms with Crippen LogP contribution < -0.4 is 58.6 Å². The van der Waals surface area contributed by atoms with Crippen molar-refractivity contribution in [2.45, 2.75) is 45.4 Å². The van der Waals surface area contributed by atoms with Crippen molar-refractivity contribution in [3.05, 3.63) is 0 Å². The summed E-state index contributed by atoms with van der Waals surface area (Å²) in [7, 11) is 0. The first kappa shape index (κ1) is 19.9. The van der Waals surface area contributed by atoms with E-state index in [4.69, 9.17) is 0 Å². The van der Waals surface area contributed by atoms with Crippen molar-refractivity contribution in [2.24, 2.45) is 11.3 Å². The van der Waals surface area contributed by atoms with Crippen LogP contribution in [0.5, 0.6) is 0 Å². The van der Waals surface area contributed by atoms with Crippen LogP contribution in [0.15, 0.2) is 0 Å². The molecule has 0 N–H and O–H groups in total. The van der Waals surface area contributed by atoms with Gasteiger partial charge in [0.2, 0.25) is 0 Å². The van der Waals surface area contributed by atoms with Gasteiger partial charge in [-0.05, 0) is 25.2 Å². The minimum atomic E-state index is -1.78. The predicted molar refractivity (Wildman–Crippen MR) is 49.3 cm³/mol. The molecule has 1 aliphatic carbocycles. The second-order valence-electron chi connectivity index (χ2n) is 4.23. The number of hydrogen-bond donors (Lipinski definition) is 0. The van der Waals surface area contributed by atoms with Crippen LogP contribution in [0, 0.1) is 11.3 Å². The first-order valence-corrected chi connectivity index (χ1v) is 5.48. The molecule has 0 heterocycles. The van der Waals surface area contributed by atoms with Gasteiger partial charge in [-0.3, -0.25) is 0 Å². The van der Waals surface area contributed by atoms with Gasteiger partial charge < -0.3 is 19.8 Å². The Morgan fingerprint density at radius 2 is 1.53 bits per heavy atom. The van der Waals surface area contributed by atoms with Crippen LogP contribution in [0.2, 0.25) is 0 Å². The maximum Gasteiger partial charge on any atom is 1.00 e. The molecular formula is C11H16LiNaO4. The van der Waals surface area contributed by atoms with Gasteiger partial charge in [0.15, 0.2) is 0 Å². The smallest absolute Gasteiger partial charge is 0.549 e. The van der Waals surface area contributed by atoms with Crippen LogP contribution in [0.1, 0.15) is 45.4 Å². The van der Waals surface area contributed by atoms with Gasteiger partial charge >= 0.3 is 48.4 Å². The summed E-state index contributed by atoms with van der Waals surface area (Å²) in [6.07, 6.45) is 4.18. The Hall–Kier alpha value is 0.537. The average Bonchev–Trinajstić information content (AvgIpc) is 2.20. The Bertz CT molecular complexity index is 250. The third kappa shape index (κ3) is 4.01. The molecular weight excluding hydrogens is 226 g/mol. The first-order valence-electron chi connectivity index (χ1n) is 5.48. The molecule has 0 aromatic carbocycles. The molecule has 0 bridgehead atoms. The van der Waals surface area contributed by atoms with Gasteiger partial charge in [0.1, 0.15) is 0 Å². The van der Waals surface area contributed by atoms with Crippen molar-refractivity contribution in [3.63, 3.8) is 0 Å². The van der Waals surface area contributed by atoms with E-state index in [2.05, 4.69) is 0 Å². The van der Waals surface area contributed by atoms with Gasteiger partial charge in [-0.1, -0.05) is 26.2 Å². The summed E-state index contributed by atoms with van der Waals surface area (Å²) in [6, 6.07) is 0. The molecule has 0 aromatic rings.